The van der Waals surface area contributed by atoms with Crippen LogP contribution in [0, 0.1) is 5.41 Å². The molecular formula is C20H21F2N3O. The molecule has 0 aliphatic carbocycles. The van der Waals surface area contributed by atoms with Crippen molar-refractivity contribution in [2.75, 3.05) is 0 Å². The first-order chi connectivity index (χ1) is 12.4. The third-order valence-corrected chi connectivity index (χ3v) is 3.64. The van der Waals surface area contributed by atoms with Gasteiger partial charge >= 0.3 is 0 Å². The molecule has 0 atom stereocenters. The summed E-state index contributed by atoms with van der Waals surface area (Å²) in [5.74, 6) is -2.55. The molecule has 2 aromatic rings. The predicted octanol–water partition coefficient (Wildman–Crippen LogP) is 5.72. The van der Waals surface area contributed by atoms with Crippen molar-refractivity contribution < 1.29 is 13.6 Å². The molecule has 0 radical (unpaired) electrons. The minimum Gasteiger partial charge on any atom is -0.345 e. The van der Waals surface area contributed by atoms with E-state index in [0.29, 0.717) is 22.2 Å². The highest BCUT2D eigenvalue weighted by Crippen LogP contribution is 2.27. The Kier molecular flexibility index (Phi) is 7.52. The third kappa shape index (κ3) is 4.08. The van der Waals surface area contributed by atoms with E-state index < -0.39 is 23.0 Å². The number of Topliss-reactive ketones (excluding diaryl/α,β-unsaturated/α-hetero) is 1. The van der Waals surface area contributed by atoms with Crippen LogP contribution in [0.1, 0.15) is 36.7 Å². The van der Waals surface area contributed by atoms with Crippen LogP contribution in [0.5, 0.6) is 0 Å². The first kappa shape index (κ1) is 20.9. The Balaban J connectivity index is 0.00000163. The molecule has 0 aliphatic rings. The molecule has 26 heavy (non-hydrogen) atoms. The summed E-state index contributed by atoms with van der Waals surface area (Å²) < 4.78 is 27.6. The predicted molar refractivity (Wildman–Crippen MR) is 103 cm³/mol. The maximum atomic E-state index is 13.9. The van der Waals surface area contributed by atoms with Gasteiger partial charge in [0.2, 0.25) is 5.78 Å². The number of pyridine rings is 1. The number of hydrogen-bond acceptors (Lipinski definition) is 3. The van der Waals surface area contributed by atoms with Crippen molar-refractivity contribution in [1.82, 2.24) is 9.97 Å². The summed E-state index contributed by atoms with van der Waals surface area (Å²) in [7, 11) is 0. The summed E-state index contributed by atoms with van der Waals surface area (Å²) in [5.41, 5.74) is 1.23. The van der Waals surface area contributed by atoms with Crippen LogP contribution in [0.25, 0.3) is 16.6 Å². The van der Waals surface area contributed by atoms with Gasteiger partial charge in [0.25, 0.3) is 0 Å². The Morgan fingerprint density at radius 1 is 1.27 bits per heavy atom. The maximum absolute atomic E-state index is 13.9. The highest BCUT2D eigenvalue weighted by atomic mass is 19.1. The summed E-state index contributed by atoms with van der Waals surface area (Å²) in [6, 6.07) is 1.67. The smallest absolute Gasteiger partial charge is 0.200 e. The van der Waals surface area contributed by atoms with Crippen molar-refractivity contribution in [2.24, 2.45) is 0 Å². The van der Waals surface area contributed by atoms with Crippen LogP contribution in [0.15, 0.2) is 61.0 Å². The fourth-order valence-electron chi connectivity index (χ4n) is 2.39. The average molecular weight is 357 g/mol. The molecule has 136 valence electrons. The number of fused-ring (bicyclic) bond motifs is 1. The number of aromatic amines is 1. The molecule has 2 rings (SSSR count). The largest absolute Gasteiger partial charge is 0.345 e. The van der Waals surface area contributed by atoms with Gasteiger partial charge in [0.1, 0.15) is 17.3 Å². The maximum Gasteiger partial charge on any atom is 0.200 e. The van der Waals surface area contributed by atoms with E-state index >= 15 is 0 Å². The molecule has 0 saturated carbocycles. The van der Waals surface area contributed by atoms with Crippen LogP contribution in [0.2, 0.25) is 0 Å². The van der Waals surface area contributed by atoms with Gasteiger partial charge < -0.3 is 10.4 Å². The third-order valence-electron chi connectivity index (χ3n) is 3.64. The van der Waals surface area contributed by atoms with Gasteiger partial charge in [0.15, 0.2) is 0 Å². The quantitative estimate of drug-likeness (QED) is 0.236. The van der Waals surface area contributed by atoms with Crippen LogP contribution in [-0.4, -0.2) is 22.0 Å². The minimum atomic E-state index is -0.910. The number of nitrogens with zero attached hydrogens (tertiary/aromatic N) is 1. The van der Waals surface area contributed by atoms with Gasteiger partial charge in [-0.05, 0) is 32.4 Å². The number of allylic oxidation sites excluding steroid dienone is 6. The van der Waals surface area contributed by atoms with E-state index in [4.69, 9.17) is 5.41 Å². The first-order valence-corrected chi connectivity index (χ1v) is 7.82. The van der Waals surface area contributed by atoms with E-state index in [1.165, 1.54) is 19.3 Å². The molecule has 0 unspecified atom stereocenters. The molecule has 0 amide bonds. The molecule has 2 N–H and O–H groups in total. The lowest BCUT2D eigenvalue weighted by molar-refractivity contribution is 0.103. The van der Waals surface area contributed by atoms with Gasteiger partial charge in [-0.1, -0.05) is 12.2 Å². The summed E-state index contributed by atoms with van der Waals surface area (Å²) in [5, 5.41) is 7.85. The molecule has 2 aromatic heterocycles. The van der Waals surface area contributed by atoms with Gasteiger partial charge in [0.05, 0.1) is 5.57 Å². The Labute approximate surface area is 151 Å². The number of H-pyrrole nitrogens is 1. The highest BCUT2D eigenvalue weighted by Gasteiger charge is 2.23. The van der Waals surface area contributed by atoms with Crippen molar-refractivity contribution in [3.63, 3.8) is 0 Å². The lowest BCUT2D eigenvalue weighted by Gasteiger charge is -2.05. The Morgan fingerprint density at radius 2 is 1.92 bits per heavy atom. The molecule has 6 heteroatoms. The van der Waals surface area contributed by atoms with Crippen molar-refractivity contribution >= 4 is 28.6 Å². The summed E-state index contributed by atoms with van der Waals surface area (Å²) >= 11 is 0. The first-order valence-electron chi connectivity index (χ1n) is 7.82. The average Bonchev–Trinajstić information content (AvgIpc) is 3.07. The van der Waals surface area contributed by atoms with Crippen molar-refractivity contribution in [1.29, 1.82) is 5.41 Å². The molecule has 0 aromatic carbocycles. The standard InChI is InChI=1S/C18H17F2N3O.C2H4/c1-4-11(7-21)12-6-13-14(9-23-18(13)22-8-12)17(24)16(10(3)19)15(20)5-2;1-2/h4-9,21H,1-3H3,(H,22,23);1-2H2/b11-4+,15-5+,16-10-,21-7?;. The lowest BCUT2D eigenvalue weighted by atomic mass is 10.00. The second-order valence-electron chi connectivity index (χ2n) is 5.09. The van der Waals surface area contributed by atoms with Crippen LogP contribution in [0.3, 0.4) is 0 Å². The topological polar surface area (TPSA) is 69.6 Å². The number of carbonyl (C=O) groups excluding carboxylic acids is 1. The van der Waals surface area contributed by atoms with Gasteiger partial charge in [-0.3, -0.25) is 4.79 Å². The number of rotatable bonds is 5. The van der Waals surface area contributed by atoms with Gasteiger partial charge in [0, 0.05) is 35.1 Å². The Morgan fingerprint density at radius 3 is 2.42 bits per heavy atom. The van der Waals surface area contributed by atoms with Gasteiger partial charge in [-0.25, -0.2) is 13.8 Å². The van der Waals surface area contributed by atoms with Crippen molar-refractivity contribution in [3.8, 4) is 0 Å². The minimum absolute atomic E-state index is 0.129. The molecule has 0 bridgehead atoms. The van der Waals surface area contributed by atoms with E-state index in [1.807, 2.05) is 0 Å². The van der Waals surface area contributed by atoms with E-state index in [-0.39, 0.29) is 5.56 Å². The SMILES string of the molecule is C/C=C(\C=N)c1cnc2[nH]cc(C(=O)C(/C(F)=C\C)=C(/C)F)c2c1.C=C. The second-order valence-corrected chi connectivity index (χ2v) is 5.09. The molecular weight excluding hydrogens is 336 g/mol. The van der Waals surface area contributed by atoms with Gasteiger partial charge in [-0.2, -0.15) is 0 Å². The van der Waals surface area contributed by atoms with Crippen molar-refractivity contribution in [3.05, 3.63) is 72.1 Å². The fraction of sp³-hybridized carbons (Fsp3) is 0.150. The van der Waals surface area contributed by atoms with Gasteiger partial charge in [-0.15, -0.1) is 13.2 Å². The van der Waals surface area contributed by atoms with E-state index in [1.54, 1.807) is 25.3 Å². The number of carbonyl (C=O) groups is 1. The Hall–Kier alpha value is -3.15. The van der Waals surface area contributed by atoms with E-state index in [0.717, 1.165) is 13.0 Å². The Bertz CT molecular complexity index is 916. The molecule has 0 fully saturated rings. The van der Waals surface area contributed by atoms with Crippen molar-refractivity contribution in [2.45, 2.75) is 20.8 Å². The lowest BCUT2D eigenvalue weighted by Crippen LogP contribution is -2.05. The monoisotopic (exact) mass is 357 g/mol. The number of halogens is 2. The normalized spacial score (nSPS) is 13.0. The summed E-state index contributed by atoms with van der Waals surface area (Å²) in [4.78, 5) is 19.6. The number of ketones is 1. The zero-order chi connectivity index (χ0) is 19.9. The molecule has 2 heterocycles. The van der Waals surface area contributed by atoms with Crippen LogP contribution >= 0.6 is 0 Å². The number of aromatic nitrogens is 2. The van der Waals surface area contributed by atoms with E-state index in [9.17, 15) is 13.6 Å². The highest BCUT2D eigenvalue weighted by molar-refractivity contribution is 6.18. The van der Waals surface area contributed by atoms with Crippen LogP contribution in [-0.2, 0) is 0 Å². The zero-order valence-electron chi connectivity index (χ0n) is 15.0. The number of nitrogens with one attached hydrogen (secondary N) is 2. The van der Waals surface area contributed by atoms with Crippen LogP contribution in [0.4, 0.5) is 8.78 Å². The molecule has 4 nitrogen and oxygen atoms in total. The summed E-state index contributed by atoms with van der Waals surface area (Å²) in [6.07, 6.45) is 6.91. The fourth-order valence-corrected chi connectivity index (χ4v) is 2.39. The van der Waals surface area contributed by atoms with E-state index in [2.05, 4.69) is 23.1 Å². The molecule has 0 saturated heterocycles. The second kappa shape index (κ2) is 9.36. The summed E-state index contributed by atoms with van der Waals surface area (Å²) in [6.45, 7) is 10.2. The zero-order valence-corrected chi connectivity index (χ0v) is 15.0. The number of hydrogen-bond donors (Lipinski definition) is 2. The molecule has 0 spiro atoms. The van der Waals surface area contributed by atoms with Crippen LogP contribution < -0.4 is 0 Å². The molecule has 0 aliphatic heterocycles.